The van der Waals surface area contributed by atoms with Crippen LogP contribution in [0.3, 0.4) is 0 Å². The summed E-state index contributed by atoms with van der Waals surface area (Å²) in [7, 11) is 2.12. The monoisotopic (exact) mass is 541 g/mol. The number of hydrogen-bond donors (Lipinski definition) is 0. The Bertz CT molecular complexity index is 1010. The second-order valence-electron chi connectivity index (χ2n) is 12.2. The molecule has 1 spiro atoms. The number of ether oxygens (including phenoxy) is 1. The van der Waals surface area contributed by atoms with Crippen molar-refractivity contribution in [2.24, 2.45) is 11.3 Å². The quantitative estimate of drug-likeness (QED) is 0.317. The van der Waals surface area contributed by atoms with Gasteiger partial charge in [-0.1, -0.05) is 13.8 Å². The third-order valence-electron chi connectivity index (χ3n) is 8.44. The molecule has 0 atom stereocenters. The third kappa shape index (κ3) is 8.88. The van der Waals surface area contributed by atoms with Gasteiger partial charge in [0.1, 0.15) is 11.6 Å². The van der Waals surface area contributed by atoms with E-state index in [1.54, 1.807) is 0 Å². The molecule has 0 N–H and O–H groups in total. The molecule has 0 bridgehead atoms. The van der Waals surface area contributed by atoms with Crippen LogP contribution in [0.4, 0.5) is 0 Å². The molecule has 0 aromatic carbocycles. The number of imidazole rings is 2. The van der Waals surface area contributed by atoms with Crippen LogP contribution in [0.25, 0.3) is 0 Å². The van der Waals surface area contributed by atoms with Crippen LogP contribution in [0.2, 0.25) is 0 Å². The second-order valence-corrected chi connectivity index (χ2v) is 12.2. The summed E-state index contributed by atoms with van der Waals surface area (Å²) < 4.78 is 9.49. The zero-order chi connectivity index (χ0) is 27.7. The predicted molar refractivity (Wildman–Crippen MR) is 154 cm³/mol. The summed E-state index contributed by atoms with van der Waals surface area (Å²) in [5, 5.41) is 0. The molecule has 2 saturated heterocycles. The first-order valence-corrected chi connectivity index (χ1v) is 15.1. The van der Waals surface area contributed by atoms with Gasteiger partial charge in [0, 0.05) is 57.4 Å². The highest BCUT2D eigenvalue weighted by Gasteiger charge is 2.40. The van der Waals surface area contributed by atoms with Gasteiger partial charge in [-0.15, -0.1) is 0 Å². The van der Waals surface area contributed by atoms with Gasteiger partial charge in [0.25, 0.3) is 0 Å². The predicted octanol–water partition coefficient (Wildman–Crippen LogP) is 3.89. The van der Waals surface area contributed by atoms with Gasteiger partial charge in [-0.05, 0) is 83.6 Å². The summed E-state index contributed by atoms with van der Waals surface area (Å²) in [6.45, 7) is 17.8. The minimum Gasteiger partial charge on any atom is -0.466 e. The number of aromatic nitrogens is 4. The van der Waals surface area contributed by atoms with Crippen molar-refractivity contribution in [1.82, 2.24) is 33.8 Å². The van der Waals surface area contributed by atoms with Gasteiger partial charge >= 0.3 is 5.97 Å². The molecule has 4 rings (SSSR count). The Balaban J connectivity index is 1.17. The van der Waals surface area contributed by atoms with Gasteiger partial charge in [-0.2, -0.15) is 0 Å². The topological polar surface area (TPSA) is 71.7 Å². The lowest BCUT2D eigenvalue weighted by Crippen LogP contribution is -2.42. The highest BCUT2D eigenvalue weighted by atomic mass is 16.5. The molecule has 218 valence electrons. The van der Waals surface area contributed by atoms with E-state index in [0.717, 1.165) is 56.6 Å². The van der Waals surface area contributed by atoms with Crippen molar-refractivity contribution in [3.63, 3.8) is 0 Å². The van der Waals surface area contributed by atoms with Crippen molar-refractivity contribution < 1.29 is 9.53 Å². The first-order chi connectivity index (χ1) is 18.9. The van der Waals surface area contributed by atoms with Gasteiger partial charge in [-0.25, -0.2) is 9.97 Å². The molecule has 2 aliphatic heterocycles. The summed E-state index contributed by atoms with van der Waals surface area (Å²) in [4.78, 5) is 28.5. The first kappa shape index (κ1) is 29.7. The molecule has 0 radical (unpaired) electrons. The number of carbonyl (C=O) groups is 1. The average Bonchev–Trinajstić information content (AvgIpc) is 3.62. The minimum atomic E-state index is -0.130. The summed E-state index contributed by atoms with van der Waals surface area (Å²) in [6, 6.07) is 0. The summed E-state index contributed by atoms with van der Waals surface area (Å²) >= 11 is 0. The Labute approximate surface area is 235 Å². The number of rotatable bonds is 15. The van der Waals surface area contributed by atoms with Crippen molar-refractivity contribution in [1.29, 1.82) is 0 Å². The van der Waals surface area contributed by atoms with E-state index >= 15 is 0 Å². The zero-order valence-corrected chi connectivity index (χ0v) is 24.9. The third-order valence-corrected chi connectivity index (χ3v) is 8.44. The van der Waals surface area contributed by atoms with Crippen LogP contribution in [0.1, 0.15) is 70.9 Å². The zero-order valence-electron chi connectivity index (χ0n) is 24.9. The highest BCUT2D eigenvalue weighted by Crippen LogP contribution is 2.40. The molecule has 2 fully saturated rings. The Kier molecular flexibility index (Phi) is 11.0. The minimum absolute atomic E-state index is 0.130. The number of aryl methyl sites for hydroxylation is 2. The standard InChI is InChI=1S/C30H51N7O2/c1-5-39-29(38)8-6-15-36-20-12-31-27(36)23-33(4)24-28-32-13-21-37(28)16-7-14-35-19-11-30(25-35)9-17-34(18-10-30)22-26(2)3/h12-13,20-21,26H,5-11,14-19,22-25H2,1-4H3. The summed E-state index contributed by atoms with van der Waals surface area (Å²) in [5.41, 5.74) is 0.570. The molecule has 2 aliphatic rings. The molecular formula is C30H51N7O2. The fourth-order valence-corrected chi connectivity index (χ4v) is 6.37. The van der Waals surface area contributed by atoms with Crippen LogP contribution < -0.4 is 0 Å². The largest absolute Gasteiger partial charge is 0.466 e. The number of esters is 1. The normalized spacial score (nSPS) is 18.1. The molecule has 0 saturated carbocycles. The van der Waals surface area contributed by atoms with E-state index in [-0.39, 0.29) is 5.97 Å². The average molecular weight is 542 g/mol. The molecule has 4 heterocycles. The van der Waals surface area contributed by atoms with E-state index in [4.69, 9.17) is 4.74 Å². The van der Waals surface area contributed by atoms with Crippen molar-refractivity contribution in [2.45, 2.75) is 85.5 Å². The van der Waals surface area contributed by atoms with Gasteiger partial charge in [-0.3, -0.25) is 9.69 Å². The fraction of sp³-hybridized carbons (Fsp3) is 0.767. The lowest BCUT2D eigenvalue weighted by molar-refractivity contribution is -0.143. The SMILES string of the molecule is CCOC(=O)CCCn1ccnc1CN(C)Cc1nccn1CCCN1CCC2(CCN(CC(C)C)CC2)C1. The maximum Gasteiger partial charge on any atom is 0.305 e. The molecule has 9 heteroatoms. The highest BCUT2D eigenvalue weighted by molar-refractivity contribution is 5.69. The number of piperidine rings is 1. The summed E-state index contributed by atoms with van der Waals surface area (Å²) in [5.74, 6) is 2.75. The van der Waals surface area contributed by atoms with Gasteiger partial charge in [0.15, 0.2) is 0 Å². The van der Waals surface area contributed by atoms with Crippen LogP contribution in [0.5, 0.6) is 0 Å². The van der Waals surface area contributed by atoms with Crippen molar-refractivity contribution >= 4 is 5.97 Å². The van der Waals surface area contributed by atoms with Crippen molar-refractivity contribution in [3.05, 3.63) is 36.4 Å². The summed E-state index contributed by atoms with van der Waals surface area (Å²) in [6.07, 6.45) is 14.4. The van der Waals surface area contributed by atoms with Crippen LogP contribution in [-0.2, 0) is 35.7 Å². The van der Waals surface area contributed by atoms with Gasteiger partial charge < -0.3 is 23.7 Å². The van der Waals surface area contributed by atoms with Crippen molar-refractivity contribution in [2.75, 3.05) is 52.9 Å². The van der Waals surface area contributed by atoms with Crippen LogP contribution in [0.15, 0.2) is 24.8 Å². The van der Waals surface area contributed by atoms with Gasteiger partial charge in [0.2, 0.25) is 0 Å². The molecule has 2 aromatic rings. The smallest absolute Gasteiger partial charge is 0.305 e. The first-order valence-electron chi connectivity index (χ1n) is 15.1. The molecular weight excluding hydrogens is 490 g/mol. The van der Waals surface area contributed by atoms with Crippen molar-refractivity contribution in [3.8, 4) is 0 Å². The van der Waals surface area contributed by atoms with E-state index in [1.807, 2.05) is 25.5 Å². The lowest BCUT2D eigenvalue weighted by Gasteiger charge is -2.40. The molecule has 0 unspecified atom stereocenters. The Morgan fingerprint density at radius 2 is 1.54 bits per heavy atom. The van der Waals surface area contributed by atoms with Crippen LogP contribution in [0, 0.1) is 11.3 Å². The van der Waals surface area contributed by atoms with Crippen LogP contribution in [-0.4, -0.2) is 92.7 Å². The fourth-order valence-electron chi connectivity index (χ4n) is 6.37. The molecule has 39 heavy (non-hydrogen) atoms. The molecule has 0 aliphatic carbocycles. The van der Waals surface area contributed by atoms with E-state index in [0.29, 0.717) is 18.4 Å². The number of hydrogen-bond acceptors (Lipinski definition) is 7. The van der Waals surface area contributed by atoms with E-state index in [9.17, 15) is 4.79 Å². The Hall–Kier alpha value is -2.23. The number of nitrogens with zero attached hydrogens (tertiary/aromatic N) is 7. The number of likely N-dealkylation sites (tertiary alicyclic amines) is 2. The maximum absolute atomic E-state index is 11.6. The molecule has 9 nitrogen and oxygen atoms in total. The van der Waals surface area contributed by atoms with Gasteiger partial charge in [0.05, 0.1) is 19.7 Å². The van der Waals surface area contributed by atoms with E-state index in [2.05, 4.69) is 60.9 Å². The van der Waals surface area contributed by atoms with Crippen LogP contribution >= 0.6 is 0 Å². The Morgan fingerprint density at radius 1 is 0.949 bits per heavy atom. The maximum atomic E-state index is 11.6. The Morgan fingerprint density at radius 3 is 2.13 bits per heavy atom. The van der Waals surface area contributed by atoms with E-state index in [1.165, 1.54) is 58.5 Å². The molecule has 2 aromatic heterocycles. The van der Waals surface area contributed by atoms with E-state index < -0.39 is 0 Å². The molecule has 0 amide bonds. The second kappa shape index (κ2) is 14.4. The number of carbonyl (C=O) groups excluding carboxylic acids is 1. The lowest BCUT2D eigenvalue weighted by atomic mass is 9.77.